The fraction of sp³-hybridized carbons (Fsp3) is 0.571. The van der Waals surface area contributed by atoms with Gasteiger partial charge in [0.2, 0.25) is 0 Å². The highest BCUT2D eigenvalue weighted by atomic mass is 15.0. The van der Waals surface area contributed by atoms with Crippen molar-refractivity contribution >= 4 is 0 Å². The minimum atomic E-state index is 0.416. The lowest BCUT2D eigenvalue weighted by atomic mass is 9.78. The molecule has 1 atom stereocenters. The molecule has 2 heteroatoms. The highest BCUT2D eigenvalue weighted by molar-refractivity contribution is 5.33. The molecular weight excluding hydrogens is 196 g/mol. The number of benzene rings is 1. The predicted octanol–water partition coefficient (Wildman–Crippen LogP) is 2.36. The van der Waals surface area contributed by atoms with Crippen molar-refractivity contribution in [2.45, 2.75) is 44.3 Å². The number of nitrogens with one attached hydrogen (secondary N) is 2. The Kier molecular flexibility index (Phi) is 2.49. The van der Waals surface area contributed by atoms with Crippen molar-refractivity contribution in [1.82, 2.24) is 10.6 Å². The molecule has 1 saturated carbocycles. The Labute approximate surface area is 97.4 Å². The summed E-state index contributed by atoms with van der Waals surface area (Å²) in [5.41, 5.74) is 3.37. The molecule has 2 nitrogen and oxygen atoms in total. The molecule has 1 heterocycles. The van der Waals surface area contributed by atoms with E-state index in [1.807, 2.05) is 0 Å². The fourth-order valence-electron chi connectivity index (χ4n) is 2.79. The Morgan fingerprint density at radius 3 is 2.94 bits per heavy atom. The number of rotatable bonds is 3. The van der Waals surface area contributed by atoms with Crippen LogP contribution in [-0.2, 0) is 6.54 Å². The van der Waals surface area contributed by atoms with E-state index in [9.17, 15) is 0 Å². The van der Waals surface area contributed by atoms with Crippen LogP contribution >= 0.6 is 0 Å². The molecule has 1 aliphatic carbocycles. The summed E-state index contributed by atoms with van der Waals surface area (Å²) in [5, 5.41) is 7.30. The topological polar surface area (TPSA) is 24.1 Å². The minimum absolute atomic E-state index is 0.416. The van der Waals surface area contributed by atoms with Crippen LogP contribution in [0.15, 0.2) is 24.3 Å². The molecule has 1 aromatic rings. The van der Waals surface area contributed by atoms with Gasteiger partial charge in [0, 0.05) is 24.7 Å². The number of hydrogen-bond donors (Lipinski definition) is 2. The van der Waals surface area contributed by atoms with E-state index in [0.717, 1.165) is 13.1 Å². The van der Waals surface area contributed by atoms with Crippen molar-refractivity contribution in [1.29, 1.82) is 0 Å². The van der Waals surface area contributed by atoms with E-state index < -0.39 is 0 Å². The summed E-state index contributed by atoms with van der Waals surface area (Å²) in [5.74, 6) is 0. The molecule has 1 aromatic carbocycles. The quantitative estimate of drug-likeness (QED) is 0.810. The van der Waals surface area contributed by atoms with Crippen LogP contribution in [0, 0.1) is 0 Å². The molecule has 1 aliphatic heterocycles. The zero-order valence-electron chi connectivity index (χ0n) is 9.92. The Morgan fingerprint density at radius 2 is 2.19 bits per heavy atom. The lowest BCUT2D eigenvalue weighted by Crippen LogP contribution is -2.50. The Hall–Kier alpha value is -0.860. The van der Waals surface area contributed by atoms with Gasteiger partial charge in [-0.05, 0) is 37.3 Å². The van der Waals surface area contributed by atoms with Crippen molar-refractivity contribution in [2.24, 2.45) is 0 Å². The van der Waals surface area contributed by atoms with E-state index in [4.69, 9.17) is 0 Å². The van der Waals surface area contributed by atoms with Gasteiger partial charge >= 0.3 is 0 Å². The van der Waals surface area contributed by atoms with Gasteiger partial charge in [0.15, 0.2) is 0 Å². The van der Waals surface area contributed by atoms with Crippen LogP contribution in [0.4, 0.5) is 0 Å². The number of hydrogen-bond acceptors (Lipinski definition) is 2. The van der Waals surface area contributed by atoms with Gasteiger partial charge in [0.1, 0.15) is 0 Å². The van der Waals surface area contributed by atoms with Crippen LogP contribution in [0.1, 0.15) is 43.4 Å². The molecule has 0 aromatic heterocycles. The first-order chi connectivity index (χ1) is 7.77. The maximum absolute atomic E-state index is 3.72. The molecule has 2 N–H and O–H groups in total. The van der Waals surface area contributed by atoms with E-state index in [0.29, 0.717) is 11.6 Å². The first-order valence-corrected chi connectivity index (χ1v) is 6.33. The van der Waals surface area contributed by atoms with Gasteiger partial charge in [-0.3, -0.25) is 0 Å². The van der Waals surface area contributed by atoms with Crippen LogP contribution < -0.4 is 10.6 Å². The Balaban J connectivity index is 1.65. The first kappa shape index (κ1) is 10.3. The highest BCUT2D eigenvalue weighted by Crippen LogP contribution is 2.32. The van der Waals surface area contributed by atoms with Gasteiger partial charge in [0.25, 0.3) is 0 Å². The monoisotopic (exact) mass is 216 g/mol. The van der Waals surface area contributed by atoms with Gasteiger partial charge in [-0.1, -0.05) is 24.3 Å². The molecule has 0 saturated heterocycles. The lowest BCUT2D eigenvalue weighted by Gasteiger charge is -2.40. The molecule has 0 amide bonds. The summed E-state index contributed by atoms with van der Waals surface area (Å²) in [7, 11) is 0. The van der Waals surface area contributed by atoms with Crippen LogP contribution in [0.5, 0.6) is 0 Å². The van der Waals surface area contributed by atoms with E-state index in [-0.39, 0.29) is 0 Å². The second kappa shape index (κ2) is 3.86. The van der Waals surface area contributed by atoms with Gasteiger partial charge < -0.3 is 10.6 Å². The zero-order chi connectivity index (χ0) is 11.0. The minimum Gasteiger partial charge on any atom is -0.310 e. The normalized spacial score (nSPS) is 26.2. The smallest absolute Gasteiger partial charge is 0.0452 e. The average Bonchev–Trinajstić information content (AvgIpc) is 2.67. The van der Waals surface area contributed by atoms with E-state index in [1.165, 1.54) is 30.4 Å². The van der Waals surface area contributed by atoms with Gasteiger partial charge in [-0.25, -0.2) is 0 Å². The van der Waals surface area contributed by atoms with Gasteiger partial charge in [0.05, 0.1) is 0 Å². The lowest BCUT2D eigenvalue weighted by molar-refractivity contribution is 0.202. The summed E-state index contributed by atoms with van der Waals surface area (Å²) in [6.07, 6.45) is 4.06. The third kappa shape index (κ3) is 1.76. The Bertz CT molecular complexity index is 382. The molecule has 86 valence electrons. The third-order valence-electron chi connectivity index (χ3n) is 4.16. The second-order valence-electron chi connectivity index (χ2n) is 5.43. The maximum Gasteiger partial charge on any atom is 0.0452 e. The molecule has 3 rings (SSSR count). The Morgan fingerprint density at radius 1 is 1.38 bits per heavy atom. The third-order valence-corrected chi connectivity index (χ3v) is 4.16. The molecule has 2 aliphatic rings. The molecule has 16 heavy (non-hydrogen) atoms. The van der Waals surface area contributed by atoms with Gasteiger partial charge in [-0.15, -0.1) is 0 Å². The molecule has 1 fully saturated rings. The standard InChI is InChI=1S/C14H20N2/c1-14(7-4-8-14)16-10-13-12-6-3-2-5-11(12)9-15-13/h2-3,5-6,13,15-16H,4,7-10H2,1H3. The summed E-state index contributed by atoms with van der Waals surface area (Å²) in [6.45, 7) is 4.43. The molecule has 1 unspecified atom stereocenters. The fourth-order valence-corrected chi connectivity index (χ4v) is 2.79. The first-order valence-electron chi connectivity index (χ1n) is 6.33. The van der Waals surface area contributed by atoms with Crippen molar-refractivity contribution in [3.63, 3.8) is 0 Å². The SMILES string of the molecule is CC1(NCC2NCc3ccccc32)CCC1. The van der Waals surface area contributed by atoms with Crippen molar-refractivity contribution < 1.29 is 0 Å². The molecular formula is C14H20N2. The zero-order valence-corrected chi connectivity index (χ0v) is 9.92. The van der Waals surface area contributed by atoms with Crippen molar-refractivity contribution in [3.05, 3.63) is 35.4 Å². The highest BCUT2D eigenvalue weighted by Gasteiger charge is 2.32. The van der Waals surface area contributed by atoms with Crippen molar-refractivity contribution in [3.8, 4) is 0 Å². The van der Waals surface area contributed by atoms with E-state index >= 15 is 0 Å². The molecule has 0 bridgehead atoms. The van der Waals surface area contributed by atoms with Crippen LogP contribution in [0.2, 0.25) is 0 Å². The van der Waals surface area contributed by atoms with Gasteiger partial charge in [-0.2, -0.15) is 0 Å². The molecule has 0 radical (unpaired) electrons. The maximum atomic E-state index is 3.72. The van der Waals surface area contributed by atoms with Crippen LogP contribution in [-0.4, -0.2) is 12.1 Å². The van der Waals surface area contributed by atoms with E-state index in [2.05, 4.69) is 41.8 Å². The van der Waals surface area contributed by atoms with Crippen LogP contribution in [0.3, 0.4) is 0 Å². The largest absolute Gasteiger partial charge is 0.310 e. The van der Waals surface area contributed by atoms with E-state index in [1.54, 1.807) is 0 Å². The average molecular weight is 216 g/mol. The van der Waals surface area contributed by atoms with Crippen LogP contribution in [0.25, 0.3) is 0 Å². The van der Waals surface area contributed by atoms with Crippen molar-refractivity contribution in [2.75, 3.05) is 6.54 Å². The number of fused-ring (bicyclic) bond motifs is 1. The summed E-state index contributed by atoms with van der Waals surface area (Å²) in [4.78, 5) is 0. The summed E-state index contributed by atoms with van der Waals surface area (Å²) < 4.78 is 0. The molecule has 0 spiro atoms. The summed E-state index contributed by atoms with van der Waals surface area (Å²) >= 11 is 0. The predicted molar refractivity (Wildman–Crippen MR) is 66.3 cm³/mol. The summed E-state index contributed by atoms with van der Waals surface area (Å²) in [6, 6.07) is 9.26. The second-order valence-corrected chi connectivity index (χ2v) is 5.43.